The minimum atomic E-state index is -0.0847. The molecule has 2 rings (SSSR count). The summed E-state index contributed by atoms with van der Waals surface area (Å²) in [5.41, 5.74) is -0.0847. The van der Waals surface area contributed by atoms with E-state index in [4.69, 9.17) is 0 Å². The lowest BCUT2D eigenvalue weighted by Crippen LogP contribution is -2.46. The first-order chi connectivity index (χ1) is 7.19. The summed E-state index contributed by atoms with van der Waals surface area (Å²) in [5, 5.41) is 3.34. The fourth-order valence-corrected chi connectivity index (χ4v) is 2.92. The smallest absolute Gasteiger partial charge is 0.230 e. The topological polar surface area (TPSA) is 32.3 Å². The van der Waals surface area contributed by atoms with Gasteiger partial charge in [0.25, 0.3) is 0 Å². The molecule has 1 N–H and O–H groups in total. The van der Waals surface area contributed by atoms with Gasteiger partial charge in [0.1, 0.15) is 0 Å². The number of nitrogens with zero attached hydrogens (tertiary/aromatic N) is 1. The minimum Gasteiger partial charge on any atom is -0.339 e. The molecule has 86 valence electrons. The van der Waals surface area contributed by atoms with Crippen molar-refractivity contribution < 1.29 is 4.79 Å². The molecule has 0 radical (unpaired) electrons. The molecule has 0 aromatic rings. The van der Waals surface area contributed by atoms with Crippen molar-refractivity contribution in [2.24, 2.45) is 5.41 Å². The summed E-state index contributed by atoms with van der Waals surface area (Å²) in [6, 6.07) is 0.460. The highest BCUT2D eigenvalue weighted by atomic mass is 16.2. The van der Waals surface area contributed by atoms with E-state index in [-0.39, 0.29) is 5.41 Å². The van der Waals surface area contributed by atoms with E-state index in [1.165, 1.54) is 12.8 Å². The molecule has 0 aromatic carbocycles. The zero-order valence-electron chi connectivity index (χ0n) is 9.88. The number of carbonyl (C=O) groups is 1. The van der Waals surface area contributed by atoms with Crippen LogP contribution in [-0.2, 0) is 4.79 Å². The van der Waals surface area contributed by atoms with Crippen LogP contribution in [0.15, 0.2) is 0 Å². The molecular weight excluding hydrogens is 188 g/mol. The molecule has 2 unspecified atom stereocenters. The largest absolute Gasteiger partial charge is 0.339 e. The van der Waals surface area contributed by atoms with Crippen molar-refractivity contribution in [2.75, 3.05) is 19.6 Å². The van der Waals surface area contributed by atoms with Crippen LogP contribution in [0.3, 0.4) is 0 Å². The summed E-state index contributed by atoms with van der Waals surface area (Å²) in [4.78, 5) is 14.6. The van der Waals surface area contributed by atoms with Crippen molar-refractivity contribution in [3.63, 3.8) is 0 Å². The summed E-state index contributed by atoms with van der Waals surface area (Å²) < 4.78 is 0. The van der Waals surface area contributed by atoms with Gasteiger partial charge in [-0.15, -0.1) is 0 Å². The zero-order valence-corrected chi connectivity index (χ0v) is 9.88. The van der Waals surface area contributed by atoms with Gasteiger partial charge < -0.3 is 10.2 Å². The highest BCUT2D eigenvalue weighted by molar-refractivity contribution is 5.83. The van der Waals surface area contributed by atoms with Gasteiger partial charge in [-0.2, -0.15) is 0 Å². The first-order valence-corrected chi connectivity index (χ1v) is 6.21. The Bertz CT molecular complexity index is 246. The molecule has 1 amide bonds. The molecule has 0 aromatic heterocycles. The number of hydrogen-bond donors (Lipinski definition) is 1. The first kappa shape index (κ1) is 10.9. The minimum absolute atomic E-state index is 0.0847. The second-order valence-corrected chi connectivity index (χ2v) is 5.05. The van der Waals surface area contributed by atoms with E-state index in [2.05, 4.69) is 24.1 Å². The average Bonchev–Trinajstić information content (AvgIpc) is 2.86. The Balaban J connectivity index is 2.11. The molecule has 2 atom stereocenters. The van der Waals surface area contributed by atoms with Crippen molar-refractivity contribution in [2.45, 2.75) is 45.6 Å². The van der Waals surface area contributed by atoms with Crippen molar-refractivity contribution in [1.82, 2.24) is 10.2 Å². The normalized spacial score (nSPS) is 36.1. The summed E-state index contributed by atoms with van der Waals surface area (Å²) >= 11 is 0. The summed E-state index contributed by atoms with van der Waals surface area (Å²) in [6.07, 6.45) is 4.35. The molecule has 2 heterocycles. The summed E-state index contributed by atoms with van der Waals surface area (Å²) in [6.45, 7) is 7.18. The van der Waals surface area contributed by atoms with Crippen LogP contribution < -0.4 is 5.32 Å². The zero-order chi connectivity index (χ0) is 10.9. The molecular formula is C12H22N2O. The molecule has 0 bridgehead atoms. The van der Waals surface area contributed by atoms with Gasteiger partial charge in [0, 0.05) is 19.1 Å². The fourth-order valence-electron chi connectivity index (χ4n) is 2.92. The Morgan fingerprint density at radius 3 is 2.87 bits per heavy atom. The quantitative estimate of drug-likeness (QED) is 0.747. The van der Waals surface area contributed by atoms with Crippen molar-refractivity contribution in [1.29, 1.82) is 0 Å². The molecule has 0 saturated carbocycles. The lowest BCUT2D eigenvalue weighted by molar-refractivity contribution is -0.141. The van der Waals surface area contributed by atoms with Crippen LogP contribution in [0, 0.1) is 5.41 Å². The number of nitrogens with one attached hydrogen (secondary N) is 1. The monoisotopic (exact) mass is 210 g/mol. The van der Waals surface area contributed by atoms with Gasteiger partial charge >= 0.3 is 0 Å². The number of likely N-dealkylation sites (tertiary alicyclic amines) is 1. The fraction of sp³-hybridized carbons (Fsp3) is 0.917. The second-order valence-electron chi connectivity index (χ2n) is 5.05. The molecule has 3 heteroatoms. The molecule has 2 aliphatic rings. The van der Waals surface area contributed by atoms with Gasteiger partial charge in [-0.25, -0.2) is 0 Å². The van der Waals surface area contributed by atoms with Crippen LogP contribution in [0.4, 0.5) is 0 Å². The highest BCUT2D eigenvalue weighted by Crippen LogP contribution is 2.34. The molecule has 15 heavy (non-hydrogen) atoms. The Morgan fingerprint density at radius 2 is 2.40 bits per heavy atom. The van der Waals surface area contributed by atoms with Gasteiger partial charge in [0.2, 0.25) is 5.91 Å². The molecule has 3 nitrogen and oxygen atoms in total. The van der Waals surface area contributed by atoms with Crippen LogP contribution in [0.1, 0.15) is 39.5 Å². The number of amides is 1. The van der Waals surface area contributed by atoms with Crippen molar-refractivity contribution >= 4 is 5.91 Å². The average molecular weight is 210 g/mol. The third-order valence-corrected chi connectivity index (χ3v) is 4.19. The van der Waals surface area contributed by atoms with Gasteiger partial charge in [-0.05, 0) is 39.2 Å². The lowest BCUT2D eigenvalue weighted by Gasteiger charge is -2.33. The third kappa shape index (κ3) is 1.78. The molecule has 0 spiro atoms. The molecule has 2 fully saturated rings. The first-order valence-electron chi connectivity index (χ1n) is 6.21. The van der Waals surface area contributed by atoms with E-state index < -0.39 is 0 Å². The maximum atomic E-state index is 12.5. The lowest BCUT2D eigenvalue weighted by atomic mass is 9.82. The second kappa shape index (κ2) is 4.12. The van der Waals surface area contributed by atoms with Crippen LogP contribution >= 0.6 is 0 Å². The summed E-state index contributed by atoms with van der Waals surface area (Å²) in [7, 11) is 0. The molecule has 0 aliphatic carbocycles. The van der Waals surface area contributed by atoms with E-state index in [1.54, 1.807) is 0 Å². The summed E-state index contributed by atoms with van der Waals surface area (Å²) in [5.74, 6) is 0.403. The number of hydrogen-bond acceptors (Lipinski definition) is 2. The molecule has 2 saturated heterocycles. The highest BCUT2D eigenvalue weighted by Gasteiger charge is 2.43. The van der Waals surface area contributed by atoms with E-state index >= 15 is 0 Å². The van der Waals surface area contributed by atoms with Crippen LogP contribution in [-0.4, -0.2) is 36.5 Å². The number of carbonyl (C=O) groups excluding carboxylic acids is 1. The third-order valence-electron chi connectivity index (χ3n) is 4.19. The Kier molecular flexibility index (Phi) is 3.01. The Labute approximate surface area is 92.2 Å². The Hall–Kier alpha value is -0.570. The van der Waals surface area contributed by atoms with Crippen LogP contribution in [0.2, 0.25) is 0 Å². The van der Waals surface area contributed by atoms with Gasteiger partial charge in [0.15, 0.2) is 0 Å². The van der Waals surface area contributed by atoms with E-state index in [0.717, 1.165) is 32.5 Å². The maximum Gasteiger partial charge on any atom is 0.230 e. The van der Waals surface area contributed by atoms with Gasteiger partial charge in [-0.3, -0.25) is 4.79 Å². The SMILES string of the molecule is CCC1(C(=O)N2CCCC2C)CCNC1. The predicted octanol–water partition coefficient (Wildman–Crippen LogP) is 1.39. The van der Waals surface area contributed by atoms with Crippen LogP contribution in [0.5, 0.6) is 0 Å². The van der Waals surface area contributed by atoms with E-state index in [1.807, 2.05) is 0 Å². The number of rotatable bonds is 2. The van der Waals surface area contributed by atoms with E-state index in [0.29, 0.717) is 11.9 Å². The van der Waals surface area contributed by atoms with Crippen LogP contribution in [0.25, 0.3) is 0 Å². The van der Waals surface area contributed by atoms with E-state index in [9.17, 15) is 4.79 Å². The van der Waals surface area contributed by atoms with Crippen molar-refractivity contribution in [3.05, 3.63) is 0 Å². The standard InChI is InChI=1S/C12H22N2O/c1-3-12(6-7-13-9-12)11(15)14-8-4-5-10(14)2/h10,13H,3-9H2,1-2H3. The maximum absolute atomic E-state index is 12.5. The van der Waals surface area contributed by atoms with Gasteiger partial charge in [-0.1, -0.05) is 6.92 Å². The Morgan fingerprint density at radius 1 is 1.60 bits per heavy atom. The van der Waals surface area contributed by atoms with Gasteiger partial charge in [0.05, 0.1) is 5.41 Å². The predicted molar refractivity (Wildman–Crippen MR) is 60.6 cm³/mol. The molecule has 2 aliphatic heterocycles. The van der Waals surface area contributed by atoms with Crippen molar-refractivity contribution in [3.8, 4) is 0 Å².